The summed E-state index contributed by atoms with van der Waals surface area (Å²) >= 11 is 0. The van der Waals surface area contributed by atoms with Crippen LogP contribution in [0.5, 0.6) is 0 Å². The number of anilines is 1. The van der Waals surface area contributed by atoms with Gasteiger partial charge in [-0.05, 0) is 64.0 Å². The summed E-state index contributed by atoms with van der Waals surface area (Å²) in [6.07, 6.45) is 5.93. The molecule has 3 fully saturated rings. The highest BCUT2D eigenvalue weighted by Gasteiger charge is 2.49. The number of nitrogens with zero attached hydrogens (tertiary/aromatic N) is 2. The second kappa shape index (κ2) is 6.34. The lowest BCUT2D eigenvalue weighted by Crippen LogP contribution is -2.54. The molecule has 0 amide bonds. The summed E-state index contributed by atoms with van der Waals surface area (Å²) in [5.74, 6) is 0.663. The molecule has 0 aliphatic heterocycles. The molecule has 3 saturated carbocycles. The third-order valence-electron chi connectivity index (χ3n) is 6.53. The molecule has 0 saturated heterocycles. The van der Waals surface area contributed by atoms with Gasteiger partial charge in [0.15, 0.2) is 0 Å². The summed E-state index contributed by atoms with van der Waals surface area (Å²) < 4.78 is 11.0. The monoisotopic (exact) mass is 371 g/mol. The predicted octanol–water partition coefficient (Wildman–Crippen LogP) is 4.77. The highest BCUT2D eigenvalue weighted by molar-refractivity contribution is 5.76. The Kier molecular flexibility index (Phi) is 4.22. The minimum atomic E-state index is -0.314. The van der Waals surface area contributed by atoms with Crippen LogP contribution in [0, 0.1) is 24.0 Å². The van der Waals surface area contributed by atoms with Crippen molar-refractivity contribution in [1.29, 1.82) is 0 Å². The molecule has 0 spiro atoms. The lowest BCUT2D eigenvalue weighted by Gasteiger charge is -2.53. The Labute approximate surface area is 158 Å². The number of benzene rings is 1. The van der Waals surface area contributed by atoms with E-state index in [1.807, 2.05) is 26.0 Å². The van der Waals surface area contributed by atoms with E-state index in [2.05, 4.69) is 10.5 Å². The number of fused-ring (bicyclic) bond motifs is 3. The molecule has 7 heteroatoms. The van der Waals surface area contributed by atoms with Crippen molar-refractivity contribution in [2.45, 2.75) is 63.5 Å². The van der Waals surface area contributed by atoms with Crippen LogP contribution < -0.4 is 5.32 Å². The fourth-order valence-corrected chi connectivity index (χ4v) is 4.77. The van der Waals surface area contributed by atoms with Gasteiger partial charge in [-0.1, -0.05) is 11.2 Å². The maximum atomic E-state index is 11.8. The van der Waals surface area contributed by atoms with Gasteiger partial charge in [0.1, 0.15) is 11.4 Å². The molecule has 1 heterocycles. The fraction of sp³-hybridized carbons (Fsp3) is 0.550. The average molecular weight is 371 g/mol. The van der Waals surface area contributed by atoms with Crippen LogP contribution >= 0.6 is 0 Å². The molecule has 0 radical (unpaired) electrons. The minimum absolute atomic E-state index is 0.0164. The maximum absolute atomic E-state index is 11.8. The molecule has 0 unspecified atom stereocenters. The van der Waals surface area contributed by atoms with Crippen molar-refractivity contribution in [2.24, 2.45) is 0 Å². The van der Waals surface area contributed by atoms with Crippen LogP contribution in [0.3, 0.4) is 0 Å². The van der Waals surface area contributed by atoms with E-state index in [0.29, 0.717) is 11.4 Å². The topological polar surface area (TPSA) is 90.4 Å². The van der Waals surface area contributed by atoms with Crippen LogP contribution in [0.25, 0.3) is 11.1 Å². The van der Waals surface area contributed by atoms with Gasteiger partial charge in [0, 0.05) is 24.3 Å². The Hall–Kier alpha value is -2.41. The zero-order chi connectivity index (χ0) is 19.2. The average Bonchev–Trinajstić information content (AvgIpc) is 3.02. The van der Waals surface area contributed by atoms with Gasteiger partial charge in [-0.2, -0.15) is 0 Å². The van der Waals surface area contributed by atoms with Crippen LogP contribution in [0.15, 0.2) is 22.7 Å². The maximum Gasteiger partial charge on any atom is 0.292 e. The van der Waals surface area contributed by atoms with E-state index in [4.69, 9.17) is 9.26 Å². The number of ether oxygens (including phenoxy) is 1. The van der Waals surface area contributed by atoms with Crippen molar-refractivity contribution in [2.75, 3.05) is 12.4 Å². The van der Waals surface area contributed by atoms with Gasteiger partial charge in [-0.15, -0.1) is 0 Å². The highest BCUT2D eigenvalue weighted by Crippen LogP contribution is 2.50. The molecular weight excluding hydrogens is 346 g/mol. The van der Waals surface area contributed by atoms with E-state index in [0.717, 1.165) is 55.3 Å². The Balaban J connectivity index is 1.65. The van der Waals surface area contributed by atoms with Gasteiger partial charge in [0.2, 0.25) is 0 Å². The molecule has 3 aliphatic carbocycles. The smallest absolute Gasteiger partial charge is 0.292 e. The van der Waals surface area contributed by atoms with Crippen LogP contribution in [0.2, 0.25) is 0 Å². The zero-order valence-electron chi connectivity index (χ0n) is 16.0. The largest absolute Gasteiger partial charge is 0.378 e. The van der Waals surface area contributed by atoms with Gasteiger partial charge in [0.25, 0.3) is 5.69 Å². The summed E-state index contributed by atoms with van der Waals surface area (Å²) in [6.45, 7) is 3.66. The van der Waals surface area contributed by atoms with E-state index in [-0.39, 0.29) is 21.8 Å². The van der Waals surface area contributed by atoms with Crippen LogP contribution in [-0.2, 0) is 4.74 Å². The van der Waals surface area contributed by atoms with Gasteiger partial charge < -0.3 is 14.6 Å². The first-order valence-corrected chi connectivity index (χ1v) is 9.42. The van der Waals surface area contributed by atoms with Gasteiger partial charge in [-0.3, -0.25) is 10.1 Å². The number of rotatable bonds is 5. The number of nitrogens with one attached hydrogen (secondary N) is 1. The van der Waals surface area contributed by atoms with Crippen molar-refractivity contribution in [3.8, 4) is 11.1 Å². The molecule has 2 aromatic rings. The third-order valence-corrected chi connectivity index (χ3v) is 6.53. The first-order valence-electron chi connectivity index (χ1n) is 9.42. The van der Waals surface area contributed by atoms with Crippen molar-refractivity contribution in [3.05, 3.63) is 39.8 Å². The molecule has 0 atom stereocenters. The van der Waals surface area contributed by atoms with E-state index in [1.54, 1.807) is 13.2 Å². The van der Waals surface area contributed by atoms with Crippen molar-refractivity contribution < 1.29 is 14.2 Å². The Bertz CT molecular complexity index is 845. The van der Waals surface area contributed by atoms with Gasteiger partial charge in [0.05, 0.1) is 16.2 Å². The standard InChI is InChI=1S/C20H25N3O4/c1-13-18(14(2)27-22-13)15-4-5-16(17(12-15)23(24)25)21-19-6-9-20(26-3,10-7-19)11-8-19/h4-5,12,21H,6-11H2,1-3H3. The van der Waals surface area contributed by atoms with Crippen molar-refractivity contribution >= 4 is 11.4 Å². The normalized spacial score (nSPS) is 26.9. The molecule has 7 nitrogen and oxygen atoms in total. The van der Waals surface area contributed by atoms with Crippen molar-refractivity contribution in [1.82, 2.24) is 5.16 Å². The lowest BCUT2D eigenvalue weighted by atomic mass is 9.63. The number of hydrogen-bond donors (Lipinski definition) is 1. The Morgan fingerprint density at radius 1 is 1.19 bits per heavy atom. The number of nitro groups is 1. The summed E-state index contributed by atoms with van der Waals surface area (Å²) in [5.41, 5.74) is 2.93. The van der Waals surface area contributed by atoms with Crippen LogP contribution in [-0.4, -0.2) is 28.3 Å². The fourth-order valence-electron chi connectivity index (χ4n) is 4.77. The van der Waals surface area contributed by atoms with Crippen molar-refractivity contribution in [3.63, 3.8) is 0 Å². The highest BCUT2D eigenvalue weighted by atomic mass is 16.6. The minimum Gasteiger partial charge on any atom is -0.378 e. The first-order chi connectivity index (χ1) is 12.9. The second-order valence-electron chi connectivity index (χ2n) is 7.98. The number of aromatic nitrogens is 1. The quantitative estimate of drug-likeness (QED) is 0.601. The van der Waals surface area contributed by atoms with Crippen LogP contribution in [0.4, 0.5) is 11.4 Å². The van der Waals surface area contributed by atoms with Gasteiger partial charge >= 0.3 is 0 Å². The molecule has 2 bridgehead atoms. The number of aryl methyl sites for hydroxylation is 2. The zero-order valence-corrected chi connectivity index (χ0v) is 16.0. The molecule has 27 heavy (non-hydrogen) atoms. The number of hydrogen-bond acceptors (Lipinski definition) is 6. The molecular formula is C20H25N3O4. The Morgan fingerprint density at radius 2 is 1.85 bits per heavy atom. The van der Waals surface area contributed by atoms with Crippen LogP contribution in [0.1, 0.15) is 50.0 Å². The lowest BCUT2D eigenvalue weighted by molar-refractivity contribution is -0.384. The second-order valence-corrected chi connectivity index (χ2v) is 7.98. The van der Waals surface area contributed by atoms with Gasteiger partial charge in [-0.25, -0.2) is 0 Å². The molecule has 1 N–H and O–H groups in total. The number of methoxy groups -OCH3 is 1. The molecule has 5 rings (SSSR count). The SMILES string of the molecule is COC12CCC(Nc3ccc(-c4c(C)noc4C)cc3[N+](=O)[O-])(CC1)CC2. The molecule has 1 aromatic carbocycles. The molecule has 3 aliphatic rings. The summed E-state index contributed by atoms with van der Waals surface area (Å²) in [5, 5.41) is 19.3. The summed E-state index contributed by atoms with van der Waals surface area (Å²) in [4.78, 5) is 11.4. The van der Waals surface area contributed by atoms with E-state index in [1.165, 1.54) is 0 Å². The van der Waals surface area contributed by atoms with E-state index < -0.39 is 0 Å². The van der Waals surface area contributed by atoms with E-state index >= 15 is 0 Å². The summed E-state index contributed by atoms with van der Waals surface area (Å²) in [7, 11) is 1.80. The summed E-state index contributed by atoms with van der Waals surface area (Å²) in [6, 6.07) is 5.35. The first kappa shape index (κ1) is 18.0. The number of nitro benzene ring substituents is 1. The molecule has 1 aromatic heterocycles. The predicted molar refractivity (Wildman–Crippen MR) is 102 cm³/mol. The Morgan fingerprint density at radius 3 is 2.37 bits per heavy atom. The van der Waals surface area contributed by atoms with E-state index in [9.17, 15) is 10.1 Å². The third kappa shape index (κ3) is 3.00. The molecule has 144 valence electrons.